The van der Waals surface area contributed by atoms with Gasteiger partial charge in [-0.05, 0) is 49.7 Å². The van der Waals surface area contributed by atoms with Crippen molar-refractivity contribution in [1.82, 2.24) is 10.3 Å². The van der Waals surface area contributed by atoms with Gasteiger partial charge in [-0.25, -0.2) is 14.2 Å². The summed E-state index contributed by atoms with van der Waals surface area (Å²) in [5, 5.41) is 5.88. The number of halogens is 1. The second kappa shape index (κ2) is 8.90. The predicted molar refractivity (Wildman–Crippen MR) is 121 cm³/mol. The van der Waals surface area contributed by atoms with E-state index >= 15 is 0 Å². The standard InChI is InChI=1S/C23H24FN5O5/c1-28-20(31)10-13-2-3-16(24)15(21(13)28)7-9-25-8-6-14-11-29(23(32)34-14)18-5-4-17-22(26-18)27-19(30)12-33-17/h2-5,14,25H,6-12H2,1H3,(H,26,27,30). The molecule has 3 aliphatic rings. The molecule has 1 fully saturated rings. The first-order chi connectivity index (χ1) is 16.4. The maximum Gasteiger partial charge on any atom is 0.415 e. The first kappa shape index (κ1) is 22.1. The van der Waals surface area contributed by atoms with Crippen LogP contribution in [0.1, 0.15) is 17.5 Å². The molecule has 10 nitrogen and oxygen atoms in total. The summed E-state index contributed by atoms with van der Waals surface area (Å²) >= 11 is 0. The fraction of sp³-hybridized carbons (Fsp3) is 0.391. The van der Waals surface area contributed by atoms with Gasteiger partial charge in [0.25, 0.3) is 5.91 Å². The SMILES string of the molecule is CN1C(=O)Cc2ccc(F)c(CCNCCC3CN(c4ccc5c(n4)NC(=O)CO5)C(=O)O3)c21. The van der Waals surface area contributed by atoms with Gasteiger partial charge in [-0.2, -0.15) is 0 Å². The first-order valence-electron chi connectivity index (χ1n) is 11.1. The van der Waals surface area contributed by atoms with Crippen LogP contribution in [0.3, 0.4) is 0 Å². The summed E-state index contributed by atoms with van der Waals surface area (Å²) < 4.78 is 25.1. The van der Waals surface area contributed by atoms with E-state index in [0.29, 0.717) is 61.7 Å². The number of nitrogens with one attached hydrogen (secondary N) is 2. The summed E-state index contributed by atoms with van der Waals surface area (Å²) in [5.41, 5.74) is 2.06. The molecule has 1 aromatic heterocycles. The van der Waals surface area contributed by atoms with E-state index < -0.39 is 6.09 Å². The van der Waals surface area contributed by atoms with Crippen LogP contribution in [0.2, 0.25) is 0 Å². The zero-order chi connectivity index (χ0) is 23.8. The molecule has 178 valence electrons. The Morgan fingerprint density at radius 1 is 1.21 bits per heavy atom. The molecule has 0 aliphatic carbocycles. The van der Waals surface area contributed by atoms with Gasteiger partial charge in [-0.3, -0.25) is 14.5 Å². The Morgan fingerprint density at radius 2 is 2.06 bits per heavy atom. The second-order valence-electron chi connectivity index (χ2n) is 8.42. The maximum atomic E-state index is 14.4. The van der Waals surface area contributed by atoms with Crippen molar-refractivity contribution in [2.75, 3.05) is 48.4 Å². The van der Waals surface area contributed by atoms with E-state index in [1.807, 2.05) is 0 Å². The zero-order valence-electron chi connectivity index (χ0n) is 18.6. The molecular formula is C23H24FN5O5. The Morgan fingerprint density at radius 3 is 2.91 bits per heavy atom. The lowest BCUT2D eigenvalue weighted by molar-refractivity contribution is -0.119. The number of aromatic nitrogens is 1. The molecule has 3 amide bonds. The number of carbonyl (C=O) groups is 3. The largest absolute Gasteiger partial charge is 0.480 e. The summed E-state index contributed by atoms with van der Waals surface area (Å²) in [5.74, 6) is 0.444. The number of cyclic esters (lactones) is 1. The number of likely N-dealkylation sites (N-methyl/N-ethyl adjacent to an activating group) is 1. The summed E-state index contributed by atoms with van der Waals surface area (Å²) in [4.78, 5) is 43.1. The number of fused-ring (bicyclic) bond motifs is 2. The van der Waals surface area contributed by atoms with Crippen molar-refractivity contribution in [2.45, 2.75) is 25.4 Å². The van der Waals surface area contributed by atoms with Crippen molar-refractivity contribution in [3.8, 4) is 5.75 Å². The topological polar surface area (TPSA) is 113 Å². The van der Waals surface area contributed by atoms with E-state index in [1.165, 1.54) is 15.9 Å². The normalized spacial score (nSPS) is 19.0. The summed E-state index contributed by atoms with van der Waals surface area (Å²) in [6, 6.07) is 6.39. The molecule has 11 heteroatoms. The van der Waals surface area contributed by atoms with Gasteiger partial charge in [-0.15, -0.1) is 0 Å². The first-order valence-corrected chi connectivity index (χ1v) is 11.1. The molecule has 0 spiro atoms. The van der Waals surface area contributed by atoms with Gasteiger partial charge < -0.3 is 25.0 Å². The van der Waals surface area contributed by atoms with E-state index in [0.717, 1.165) is 5.56 Å². The molecule has 1 aromatic carbocycles. The number of amides is 3. The maximum absolute atomic E-state index is 14.4. The Balaban J connectivity index is 1.12. The average molecular weight is 469 g/mol. The van der Waals surface area contributed by atoms with Crippen LogP contribution in [0, 0.1) is 5.82 Å². The Labute approximate surface area is 195 Å². The van der Waals surface area contributed by atoms with Crippen molar-refractivity contribution < 1.29 is 28.2 Å². The summed E-state index contributed by atoms with van der Waals surface area (Å²) in [6.45, 7) is 1.35. The molecule has 2 aromatic rings. The average Bonchev–Trinajstić information content (AvgIpc) is 3.33. The van der Waals surface area contributed by atoms with Gasteiger partial charge in [0.1, 0.15) is 17.7 Å². The van der Waals surface area contributed by atoms with Crippen LogP contribution in [0.5, 0.6) is 5.75 Å². The number of rotatable bonds is 7. The molecule has 0 bridgehead atoms. The van der Waals surface area contributed by atoms with Gasteiger partial charge >= 0.3 is 6.09 Å². The molecule has 1 unspecified atom stereocenters. The van der Waals surface area contributed by atoms with Crippen molar-refractivity contribution in [3.63, 3.8) is 0 Å². The third kappa shape index (κ3) is 4.14. The highest BCUT2D eigenvalue weighted by Crippen LogP contribution is 2.33. The van der Waals surface area contributed by atoms with Crippen LogP contribution in [-0.2, 0) is 27.2 Å². The molecule has 3 aliphatic heterocycles. The van der Waals surface area contributed by atoms with E-state index in [2.05, 4.69) is 15.6 Å². The summed E-state index contributed by atoms with van der Waals surface area (Å²) in [6.07, 6.45) is 0.478. The zero-order valence-corrected chi connectivity index (χ0v) is 18.6. The quantitative estimate of drug-likeness (QED) is 0.593. The lowest BCUT2D eigenvalue weighted by atomic mass is 10.0. The Bertz CT molecular complexity index is 1170. The van der Waals surface area contributed by atoms with E-state index in [-0.39, 0.29) is 36.2 Å². The smallest absolute Gasteiger partial charge is 0.415 e. The van der Waals surface area contributed by atoms with Gasteiger partial charge in [0.15, 0.2) is 18.2 Å². The minimum absolute atomic E-state index is 0.0364. The highest BCUT2D eigenvalue weighted by atomic mass is 19.1. The lowest BCUT2D eigenvalue weighted by Crippen LogP contribution is -2.29. The number of pyridine rings is 1. The number of nitrogens with zero attached hydrogens (tertiary/aromatic N) is 3. The number of carbonyl (C=O) groups excluding carboxylic acids is 3. The molecule has 2 N–H and O–H groups in total. The Kier molecular flexibility index (Phi) is 5.78. The lowest BCUT2D eigenvalue weighted by Gasteiger charge is -2.19. The van der Waals surface area contributed by atoms with Crippen LogP contribution in [0.25, 0.3) is 0 Å². The van der Waals surface area contributed by atoms with Crippen LogP contribution in [-0.4, -0.2) is 62.3 Å². The van der Waals surface area contributed by atoms with Crippen molar-refractivity contribution in [1.29, 1.82) is 0 Å². The molecular weight excluding hydrogens is 445 g/mol. The molecule has 0 saturated carbocycles. The van der Waals surface area contributed by atoms with Crippen molar-refractivity contribution in [2.24, 2.45) is 0 Å². The number of anilines is 3. The third-order valence-electron chi connectivity index (χ3n) is 6.17. The van der Waals surface area contributed by atoms with Gasteiger partial charge in [0.05, 0.1) is 18.7 Å². The van der Waals surface area contributed by atoms with Crippen molar-refractivity contribution >= 4 is 35.2 Å². The van der Waals surface area contributed by atoms with Crippen LogP contribution in [0.15, 0.2) is 24.3 Å². The number of ether oxygens (including phenoxy) is 2. The van der Waals surface area contributed by atoms with E-state index in [4.69, 9.17) is 9.47 Å². The number of hydrogen-bond donors (Lipinski definition) is 2. The molecule has 1 atom stereocenters. The monoisotopic (exact) mass is 469 g/mol. The minimum Gasteiger partial charge on any atom is -0.480 e. The summed E-state index contributed by atoms with van der Waals surface area (Å²) in [7, 11) is 1.67. The van der Waals surface area contributed by atoms with Gasteiger partial charge in [-0.1, -0.05) is 6.07 Å². The highest BCUT2D eigenvalue weighted by molar-refractivity contribution is 6.02. The highest BCUT2D eigenvalue weighted by Gasteiger charge is 2.34. The van der Waals surface area contributed by atoms with Gasteiger partial charge in [0, 0.05) is 12.6 Å². The molecule has 5 rings (SSSR count). The molecule has 34 heavy (non-hydrogen) atoms. The number of benzene rings is 1. The van der Waals surface area contributed by atoms with Crippen LogP contribution < -0.4 is 25.2 Å². The third-order valence-corrected chi connectivity index (χ3v) is 6.17. The fourth-order valence-electron chi connectivity index (χ4n) is 4.43. The van der Waals surface area contributed by atoms with Crippen LogP contribution >= 0.6 is 0 Å². The Hall–Kier alpha value is -3.73. The van der Waals surface area contributed by atoms with Crippen molar-refractivity contribution in [3.05, 3.63) is 41.2 Å². The van der Waals surface area contributed by atoms with Gasteiger partial charge in [0.2, 0.25) is 5.91 Å². The van der Waals surface area contributed by atoms with Crippen LogP contribution in [0.4, 0.5) is 26.5 Å². The second-order valence-corrected chi connectivity index (χ2v) is 8.42. The molecule has 0 radical (unpaired) electrons. The fourth-order valence-corrected chi connectivity index (χ4v) is 4.43. The number of hydrogen-bond acceptors (Lipinski definition) is 7. The van der Waals surface area contributed by atoms with E-state index in [1.54, 1.807) is 25.2 Å². The minimum atomic E-state index is -0.505. The van der Waals surface area contributed by atoms with E-state index in [9.17, 15) is 18.8 Å². The molecule has 1 saturated heterocycles. The molecule has 4 heterocycles. The predicted octanol–water partition coefficient (Wildman–Crippen LogP) is 1.62.